The van der Waals surface area contributed by atoms with Crippen LogP contribution in [0.3, 0.4) is 0 Å². The minimum Gasteiger partial charge on any atom is -0.478 e. The van der Waals surface area contributed by atoms with Gasteiger partial charge in [-0.1, -0.05) is 54.2 Å². The number of thioether (sulfide) groups is 1. The van der Waals surface area contributed by atoms with Gasteiger partial charge in [0.25, 0.3) is 11.1 Å². The normalized spacial score (nSPS) is 11.8. The number of nitrogens with one attached hydrogen (secondary N) is 1. The number of ether oxygens (including phenoxy) is 1. The predicted octanol–water partition coefficient (Wildman–Crippen LogP) is 3.80. The molecule has 0 radical (unpaired) electrons. The zero-order valence-corrected chi connectivity index (χ0v) is 16.1. The van der Waals surface area contributed by atoms with E-state index >= 15 is 0 Å². The van der Waals surface area contributed by atoms with Crippen molar-refractivity contribution in [3.63, 3.8) is 0 Å². The number of aromatic nitrogens is 2. The zero-order chi connectivity index (χ0) is 19.8. The van der Waals surface area contributed by atoms with E-state index in [1.165, 1.54) is 17.7 Å². The van der Waals surface area contributed by atoms with Gasteiger partial charge in [-0.15, -0.1) is 10.2 Å². The average Bonchev–Trinajstić information content (AvgIpc) is 3.18. The first-order valence-electron chi connectivity index (χ1n) is 8.80. The number of benzene rings is 2. The summed E-state index contributed by atoms with van der Waals surface area (Å²) in [6, 6.07) is 16.0. The third-order valence-electron chi connectivity index (χ3n) is 3.82. The smallest absolute Gasteiger partial charge is 0.277 e. The van der Waals surface area contributed by atoms with Crippen LogP contribution in [0.2, 0.25) is 0 Å². The van der Waals surface area contributed by atoms with Crippen molar-refractivity contribution in [1.29, 1.82) is 0 Å². The van der Waals surface area contributed by atoms with Crippen LogP contribution in [0.4, 0.5) is 4.39 Å². The van der Waals surface area contributed by atoms with E-state index < -0.39 is 11.9 Å². The lowest BCUT2D eigenvalue weighted by molar-refractivity contribution is -0.118. The van der Waals surface area contributed by atoms with Gasteiger partial charge in [0.1, 0.15) is 0 Å². The summed E-state index contributed by atoms with van der Waals surface area (Å²) in [5.41, 5.74) is 1.17. The molecule has 28 heavy (non-hydrogen) atoms. The molecular weight excluding hydrogens is 381 g/mol. The van der Waals surface area contributed by atoms with Crippen molar-refractivity contribution >= 4 is 17.7 Å². The first kappa shape index (κ1) is 19.9. The Hall–Kier alpha value is -2.87. The first-order valence-corrected chi connectivity index (χ1v) is 9.78. The van der Waals surface area contributed by atoms with E-state index in [1.54, 1.807) is 19.1 Å². The number of hydrogen-bond acceptors (Lipinski definition) is 6. The van der Waals surface area contributed by atoms with Crippen LogP contribution in [-0.2, 0) is 11.2 Å². The van der Waals surface area contributed by atoms with Crippen LogP contribution in [0.15, 0.2) is 64.2 Å². The summed E-state index contributed by atoms with van der Waals surface area (Å²) in [7, 11) is 0. The van der Waals surface area contributed by atoms with Gasteiger partial charge in [-0.05, 0) is 31.0 Å². The monoisotopic (exact) mass is 401 g/mol. The van der Waals surface area contributed by atoms with Gasteiger partial charge in [0, 0.05) is 6.54 Å². The van der Waals surface area contributed by atoms with E-state index in [1.807, 2.05) is 30.3 Å². The van der Waals surface area contributed by atoms with E-state index in [2.05, 4.69) is 15.5 Å². The molecule has 3 aromatic rings. The van der Waals surface area contributed by atoms with Gasteiger partial charge < -0.3 is 14.5 Å². The fraction of sp³-hybridized carbons (Fsp3) is 0.250. The molecule has 0 aliphatic carbocycles. The summed E-state index contributed by atoms with van der Waals surface area (Å²) in [6.45, 7) is 2.25. The molecule has 1 atom stereocenters. The van der Waals surface area contributed by atoms with Crippen LogP contribution in [-0.4, -0.2) is 28.4 Å². The molecule has 1 aromatic heterocycles. The molecule has 2 aromatic carbocycles. The van der Waals surface area contributed by atoms with E-state index in [-0.39, 0.29) is 28.5 Å². The van der Waals surface area contributed by atoms with E-state index in [9.17, 15) is 9.18 Å². The SMILES string of the molecule is C[C@@H](Oc1ccccc1F)c1nnc(SCC(=O)NCCc2ccccc2)o1. The Labute approximate surface area is 166 Å². The second-order valence-electron chi connectivity index (χ2n) is 5.97. The molecule has 0 saturated heterocycles. The summed E-state index contributed by atoms with van der Waals surface area (Å²) in [5.74, 6) is -0.0821. The van der Waals surface area contributed by atoms with Crippen molar-refractivity contribution in [2.45, 2.75) is 24.7 Å². The largest absolute Gasteiger partial charge is 0.478 e. The van der Waals surface area contributed by atoms with Gasteiger partial charge in [-0.3, -0.25) is 4.79 Å². The Balaban J connectivity index is 1.42. The highest BCUT2D eigenvalue weighted by atomic mass is 32.2. The van der Waals surface area contributed by atoms with Crippen LogP contribution < -0.4 is 10.1 Å². The van der Waals surface area contributed by atoms with Gasteiger partial charge >= 0.3 is 0 Å². The Morgan fingerprint density at radius 1 is 1.18 bits per heavy atom. The predicted molar refractivity (Wildman–Crippen MR) is 104 cm³/mol. The van der Waals surface area contributed by atoms with Gasteiger partial charge in [0.2, 0.25) is 5.91 Å². The fourth-order valence-electron chi connectivity index (χ4n) is 2.39. The summed E-state index contributed by atoms with van der Waals surface area (Å²) in [4.78, 5) is 11.9. The van der Waals surface area contributed by atoms with Gasteiger partial charge in [-0.25, -0.2) is 4.39 Å². The molecule has 0 aliphatic heterocycles. The van der Waals surface area contributed by atoms with E-state index in [0.717, 1.165) is 18.2 Å². The third-order valence-corrected chi connectivity index (χ3v) is 4.63. The molecule has 0 fully saturated rings. The molecule has 8 heteroatoms. The molecule has 0 aliphatic rings. The van der Waals surface area contributed by atoms with Crippen molar-refractivity contribution in [1.82, 2.24) is 15.5 Å². The topological polar surface area (TPSA) is 77.2 Å². The minimum atomic E-state index is -0.613. The lowest BCUT2D eigenvalue weighted by atomic mass is 10.1. The summed E-state index contributed by atoms with van der Waals surface area (Å²) < 4.78 is 24.7. The molecule has 0 saturated carbocycles. The second-order valence-corrected chi connectivity index (χ2v) is 6.90. The highest BCUT2D eigenvalue weighted by molar-refractivity contribution is 7.99. The quantitative estimate of drug-likeness (QED) is 0.550. The van der Waals surface area contributed by atoms with Gasteiger partial charge in [0.05, 0.1) is 5.75 Å². The van der Waals surface area contributed by atoms with Crippen LogP contribution in [0.5, 0.6) is 5.75 Å². The highest BCUT2D eigenvalue weighted by Gasteiger charge is 2.18. The second kappa shape index (κ2) is 9.89. The molecule has 0 bridgehead atoms. The molecule has 1 heterocycles. The lowest BCUT2D eigenvalue weighted by Gasteiger charge is -2.11. The molecule has 0 spiro atoms. The standard InChI is InChI=1S/C20H20FN3O3S/c1-14(26-17-10-6-5-9-16(17)21)19-23-24-20(27-19)28-13-18(25)22-12-11-15-7-3-2-4-8-15/h2-10,14H,11-13H2,1H3,(H,22,25)/t14-/m1/s1. The summed E-state index contributed by atoms with van der Waals surface area (Å²) in [6.07, 6.45) is 0.158. The first-order chi connectivity index (χ1) is 13.6. The van der Waals surface area contributed by atoms with Gasteiger partial charge in [0.15, 0.2) is 17.7 Å². The molecule has 146 valence electrons. The lowest BCUT2D eigenvalue weighted by Crippen LogP contribution is -2.27. The van der Waals surface area contributed by atoms with Crippen molar-refractivity contribution in [2.75, 3.05) is 12.3 Å². The average molecular weight is 401 g/mol. The number of carbonyl (C=O) groups excluding carboxylic acids is 1. The van der Waals surface area contributed by atoms with Gasteiger partial charge in [-0.2, -0.15) is 0 Å². The number of amides is 1. The van der Waals surface area contributed by atoms with Crippen LogP contribution in [0.25, 0.3) is 0 Å². The number of hydrogen-bond donors (Lipinski definition) is 1. The number of halogens is 1. The van der Waals surface area contributed by atoms with Crippen LogP contribution in [0, 0.1) is 5.82 Å². The van der Waals surface area contributed by atoms with E-state index in [0.29, 0.717) is 6.54 Å². The third kappa shape index (κ3) is 5.82. The van der Waals surface area contributed by atoms with Crippen molar-refractivity contribution in [3.05, 3.63) is 71.9 Å². The Morgan fingerprint density at radius 3 is 2.71 bits per heavy atom. The molecule has 0 unspecified atom stereocenters. The number of para-hydroxylation sites is 1. The summed E-state index contributed by atoms with van der Waals surface area (Å²) in [5, 5.41) is 10.9. The molecule has 3 rings (SSSR count). The fourth-order valence-corrected chi connectivity index (χ4v) is 2.99. The molecular formula is C20H20FN3O3S. The molecule has 6 nitrogen and oxygen atoms in total. The van der Waals surface area contributed by atoms with E-state index in [4.69, 9.17) is 9.15 Å². The van der Waals surface area contributed by atoms with Crippen molar-refractivity contribution in [2.24, 2.45) is 0 Å². The van der Waals surface area contributed by atoms with Crippen LogP contribution in [0.1, 0.15) is 24.5 Å². The van der Waals surface area contributed by atoms with Crippen LogP contribution >= 0.6 is 11.8 Å². The zero-order valence-electron chi connectivity index (χ0n) is 15.3. The Kier molecular flexibility index (Phi) is 7.02. The summed E-state index contributed by atoms with van der Waals surface area (Å²) >= 11 is 1.14. The molecule has 1 amide bonds. The number of nitrogens with zero attached hydrogens (tertiary/aromatic N) is 2. The number of carbonyl (C=O) groups is 1. The van der Waals surface area contributed by atoms with Crippen molar-refractivity contribution in [3.8, 4) is 5.75 Å². The number of rotatable bonds is 9. The maximum atomic E-state index is 13.7. The van der Waals surface area contributed by atoms with Crippen molar-refractivity contribution < 1.29 is 18.3 Å². The maximum Gasteiger partial charge on any atom is 0.277 e. The molecule has 1 N–H and O–H groups in total. The highest BCUT2D eigenvalue weighted by Crippen LogP contribution is 2.25. The maximum absolute atomic E-state index is 13.7. The Bertz CT molecular complexity index is 904. The minimum absolute atomic E-state index is 0.111. The Morgan fingerprint density at radius 2 is 1.93 bits per heavy atom.